The number of carboxylic acids is 1. The Balaban J connectivity index is 2.07. The van der Waals surface area contributed by atoms with Crippen LogP contribution >= 0.6 is 11.6 Å². The maximum atomic E-state index is 11.0. The molecule has 0 amide bonds. The fraction of sp³-hybridized carbons (Fsp3) is 0.0833. The first-order chi connectivity index (χ1) is 9.15. The van der Waals surface area contributed by atoms with Crippen molar-refractivity contribution < 1.29 is 19.4 Å². The molecule has 7 heteroatoms. The van der Waals surface area contributed by atoms with Gasteiger partial charge in [-0.1, -0.05) is 11.6 Å². The van der Waals surface area contributed by atoms with Crippen molar-refractivity contribution in [1.82, 2.24) is 10.2 Å². The first-order valence-corrected chi connectivity index (χ1v) is 5.69. The van der Waals surface area contributed by atoms with Crippen molar-refractivity contribution in [2.75, 3.05) is 6.79 Å². The summed E-state index contributed by atoms with van der Waals surface area (Å²) in [6.45, 7) is 0.172. The van der Waals surface area contributed by atoms with E-state index in [1.54, 1.807) is 18.2 Å². The highest BCUT2D eigenvalue weighted by Gasteiger charge is 2.17. The van der Waals surface area contributed by atoms with E-state index < -0.39 is 5.97 Å². The summed E-state index contributed by atoms with van der Waals surface area (Å²) < 4.78 is 10.4. The van der Waals surface area contributed by atoms with Gasteiger partial charge in [0.25, 0.3) is 0 Å². The Hall–Kier alpha value is -2.34. The monoisotopic (exact) mass is 278 g/mol. The standard InChI is InChI=1S/C12H7ClN2O4/c13-11-7(12(16)17)4-8(14-15-11)6-1-2-9-10(3-6)19-5-18-9/h1-4H,5H2,(H,16,17). The van der Waals surface area contributed by atoms with Gasteiger partial charge in [0.1, 0.15) is 5.56 Å². The number of fused-ring (bicyclic) bond motifs is 1. The first kappa shape index (κ1) is 11.7. The molecule has 2 heterocycles. The molecule has 1 aromatic carbocycles. The average Bonchev–Trinajstić information content (AvgIpc) is 2.86. The van der Waals surface area contributed by atoms with E-state index in [0.29, 0.717) is 22.8 Å². The molecule has 2 aromatic rings. The van der Waals surface area contributed by atoms with E-state index in [1.165, 1.54) is 6.07 Å². The highest BCUT2D eigenvalue weighted by Crippen LogP contribution is 2.35. The van der Waals surface area contributed by atoms with Crippen LogP contribution in [0.2, 0.25) is 5.15 Å². The molecule has 6 nitrogen and oxygen atoms in total. The molecule has 0 saturated carbocycles. The third kappa shape index (κ3) is 2.06. The molecule has 3 rings (SSSR count). The van der Waals surface area contributed by atoms with Gasteiger partial charge in [-0.15, -0.1) is 10.2 Å². The lowest BCUT2D eigenvalue weighted by Crippen LogP contribution is -2.01. The number of carbonyl (C=O) groups is 1. The van der Waals surface area contributed by atoms with Crippen LogP contribution in [0.5, 0.6) is 11.5 Å². The van der Waals surface area contributed by atoms with Gasteiger partial charge in [0, 0.05) is 5.56 Å². The van der Waals surface area contributed by atoms with Crippen LogP contribution in [0, 0.1) is 0 Å². The highest BCUT2D eigenvalue weighted by atomic mass is 35.5. The second-order valence-electron chi connectivity index (χ2n) is 3.81. The van der Waals surface area contributed by atoms with E-state index in [9.17, 15) is 4.79 Å². The Labute approximate surface area is 112 Å². The molecule has 0 aliphatic carbocycles. The van der Waals surface area contributed by atoms with Crippen LogP contribution in [0.15, 0.2) is 24.3 Å². The quantitative estimate of drug-likeness (QED) is 0.907. The smallest absolute Gasteiger partial charge is 0.338 e. The Bertz CT molecular complexity index is 675. The zero-order chi connectivity index (χ0) is 13.4. The number of nitrogens with zero attached hydrogens (tertiary/aromatic N) is 2. The minimum absolute atomic E-state index is 0.0932. The van der Waals surface area contributed by atoms with Crippen LogP contribution in [0.25, 0.3) is 11.3 Å². The van der Waals surface area contributed by atoms with Crippen LogP contribution in [0.1, 0.15) is 10.4 Å². The number of carboxylic acid groups (broad SMARTS) is 1. The molecular weight excluding hydrogens is 272 g/mol. The number of rotatable bonds is 2. The van der Waals surface area contributed by atoms with Gasteiger partial charge in [-0.3, -0.25) is 0 Å². The van der Waals surface area contributed by atoms with Gasteiger partial charge in [-0.25, -0.2) is 4.79 Å². The van der Waals surface area contributed by atoms with Crippen LogP contribution in [0.3, 0.4) is 0 Å². The SMILES string of the molecule is O=C(O)c1cc(-c2ccc3c(c2)OCO3)nnc1Cl. The Morgan fingerprint density at radius 2 is 2.00 bits per heavy atom. The Morgan fingerprint density at radius 3 is 2.79 bits per heavy atom. The number of hydrogen-bond acceptors (Lipinski definition) is 5. The van der Waals surface area contributed by atoms with Crippen molar-refractivity contribution in [1.29, 1.82) is 0 Å². The lowest BCUT2D eigenvalue weighted by Gasteiger charge is -2.04. The molecule has 0 spiro atoms. The van der Waals surface area contributed by atoms with Crippen molar-refractivity contribution in [3.05, 3.63) is 35.0 Å². The summed E-state index contributed by atoms with van der Waals surface area (Å²) >= 11 is 5.67. The summed E-state index contributed by atoms with van der Waals surface area (Å²) in [6.07, 6.45) is 0. The van der Waals surface area contributed by atoms with Gasteiger partial charge in [0.15, 0.2) is 16.7 Å². The van der Waals surface area contributed by atoms with E-state index in [0.717, 1.165) is 0 Å². The number of hydrogen-bond donors (Lipinski definition) is 1. The van der Waals surface area contributed by atoms with Crippen LogP contribution in [-0.2, 0) is 0 Å². The molecule has 0 unspecified atom stereocenters. The second kappa shape index (κ2) is 4.40. The molecule has 0 fully saturated rings. The summed E-state index contributed by atoms with van der Waals surface area (Å²) in [5, 5.41) is 16.4. The fourth-order valence-electron chi connectivity index (χ4n) is 1.72. The summed E-state index contributed by atoms with van der Waals surface area (Å²) in [5.74, 6) is 0.0807. The van der Waals surface area contributed by atoms with E-state index in [-0.39, 0.29) is 17.5 Å². The number of ether oxygens (including phenoxy) is 2. The van der Waals surface area contributed by atoms with E-state index >= 15 is 0 Å². The molecule has 96 valence electrons. The predicted octanol–water partition coefficient (Wildman–Crippen LogP) is 2.22. The highest BCUT2D eigenvalue weighted by molar-refractivity contribution is 6.32. The summed E-state index contributed by atoms with van der Waals surface area (Å²) in [5.41, 5.74) is 0.986. The number of benzene rings is 1. The normalized spacial score (nSPS) is 12.5. The molecular formula is C12H7ClN2O4. The molecule has 0 atom stereocenters. The lowest BCUT2D eigenvalue weighted by molar-refractivity contribution is 0.0696. The van der Waals surface area contributed by atoms with Crippen molar-refractivity contribution >= 4 is 17.6 Å². The second-order valence-corrected chi connectivity index (χ2v) is 4.17. The van der Waals surface area contributed by atoms with E-state index in [2.05, 4.69) is 10.2 Å². The topological polar surface area (TPSA) is 81.5 Å². The van der Waals surface area contributed by atoms with Gasteiger partial charge in [-0.05, 0) is 24.3 Å². The van der Waals surface area contributed by atoms with Crippen LogP contribution < -0.4 is 9.47 Å². The molecule has 0 saturated heterocycles. The lowest BCUT2D eigenvalue weighted by atomic mass is 10.1. The minimum Gasteiger partial charge on any atom is -0.478 e. The Morgan fingerprint density at radius 1 is 1.21 bits per heavy atom. The molecule has 1 aliphatic rings. The van der Waals surface area contributed by atoms with E-state index in [1.807, 2.05) is 0 Å². The Kier molecular flexibility index (Phi) is 2.72. The first-order valence-electron chi connectivity index (χ1n) is 5.31. The van der Waals surface area contributed by atoms with Crippen molar-refractivity contribution in [3.63, 3.8) is 0 Å². The molecule has 1 aromatic heterocycles. The molecule has 1 N–H and O–H groups in total. The third-order valence-electron chi connectivity index (χ3n) is 2.65. The number of aromatic nitrogens is 2. The average molecular weight is 279 g/mol. The minimum atomic E-state index is -1.15. The zero-order valence-corrected chi connectivity index (χ0v) is 10.2. The molecule has 0 radical (unpaired) electrons. The van der Waals surface area contributed by atoms with Gasteiger partial charge < -0.3 is 14.6 Å². The maximum Gasteiger partial charge on any atom is 0.338 e. The predicted molar refractivity (Wildman–Crippen MR) is 65.6 cm³/mol. The van der Waals surface area contributed by atoms with Gasteiger partial charge in [-0.2, -0.15) is 0 Å². The van der Waals surface area contributed by atoms with E-state index in [4.69, 9.17) is 26.2 Å². The van der Waals surface area contributed by atoms with Crippen molar-refractivity contribution in [2.24, 2.45) is 0 Å². The third-order valence-corrected chi connectivity index (χ3v) is 2.93. The van der Waals surface area contributed by atoms with Crippen LogP contribution in [-0.4, -0.2) is 28.1 Å². The number of aromatic carboxylic acids is 1. The van der Waals surface area contributed by atoms with Gasteiger partial charge >= 0.3 is 5.97 Å². The summed E-state index contributed by atoms with van der Waals surface area (Å²) in [7, 11) is 0. The zero-order valence-electron chi connectivity index (χ0n) is 9.46. The molecule has 19 heavy (non-hydrogen) atoms. The summed E-state index contributed by atoms with van der Waals surface area (Å²) in [4.78, 5) is 11.0. The fourth-order valence-corrected chi connectivity index (χ4v) is 1.90. The van der Waals surface area contributed by atoms with Gasteiger partial charge in [0.2, 0.25) is 6.79 Å². The van der Waals surface area contributed by atoms with Crippen LogP contribution in [0.4, 0.5) is 0 Å². The van der Waals surface area contributed by atoms with Crippen molar-refractivity contribution in [3.8, 4) is 22.8 Å². The van der Waals surface area contributed by atoms with Gasteiger partial charge in [0.05, 0.1) is 5.69 Å². The molecule has 1 aliphatic heterocycles. The number of halogens is 1. The van der Waals surface area contributed by atoms with Crippen molar-refractivity contribution in [2.45, 2.75) is 0 Å². The molecule has 0 bridgehead atoms. The summed E-state index contributed by atoms with van der Waals surface area (Å²) in [6, 6.07) is 6.56. The maximum absolute atomic E-state index is 11.0. The largest absolute Gasteiger partial charge is 0.478 e.